The molecule has 31 heavy (non-hydrogen) atoms. The van der Waals surface area contributed by atoms with Crippen molar-refractivity contribution in [3.05, 3.63) is 105 Å². The summed E-state index contributed by atoms with van der Waals surface area (Å²) in [6, 6.07) is 20.6. The van der Waals surface area contributed by atoms with Gasteiger partial charge in [0.2, 0.25) is 0 Å². The Labute approximate surface area is 178 Å². The molecule has 0 bridgehead atoms. The summed E-state index contributed by atoms with van der Waals surface area (Å²) < 4.78 is 7.01. The van der Waals surface area contributed by atoms with Crippen LogP contribution in [-0.2, 0) is 0 Å². The lowest BCUT2D eigenvalue weighted by Crippen LogP contribution is -2.22. The van der Waals surface area contributed by atoms with Crippen LogP contribution < -0.4 is 10.3 Å². The van der Waals surface area contributed by atoms with Gasteiger partial charge in [-0.2, -0.15) is 0 Å². The molecule has 0 atom stereocenters. The number of nitro benzene ring substituents is 1. The maximum Gasteiger partial charge on any atom is 0.270 e. The van der Waals surface area contributed by atoms with Crippen LogP contribution in [0.15, 0.2) is 77.6 Å². The number of aromatic nitrogens is 2. The minimum atomic E-state index is -0.443. The van der Waals surface area contributed by atoms with E-state index in [2.05, 4.69) is 4.98 Å². The summed E-state index contributed by atoms with van der Waals surface area (Å²) in [6.07, 6.45) is 3.39. The number of ether oxygens (including phenoxy) is 1. The van der Waals surface area contributed by atoms with Crippen molar-refractivity contribution in [1.82, 2.24) is 9.55 Å². The standard InChI is InChI=1S/C24H19N3O4/c1-2-31-20-13-11-18(12-14-20)26-23(25-22-9-4-3-8-21(22)24(26)28)15-10-17-6-5-7-19(16-17)27(29)30/h3-16H,2H2,1H3. The third kappa shape index (κ3) is 4.20. The normalized spacial score (nSPS) is 11.1. The Kier molecular flexibility index (Phi) is 5.57. The molecule has 0 N–H and O–H groups in total. The minimum Gasteiger partial charge on any atom is -0.494 e. The van der Waals surface area contributed by atoms with Gasteiger partial charge >= 0.3 is 0 Å². The highest BCUT2D eigenvalue weighted by Gasteiger charge is 2.11. The van der Waals surface area contributed by atoms with E-state index in [4.69, 9.17) is 4.74 Å². The van der Waals surface area contributed by atoms with E-state index in [1.807, 2.05) is 13.0 Å². The molecule has 0 aliphatic carbocycles. The van der Waals surface area contributed by atoms with E-state index in [9.17, 15) is 14.9 Å². The van der Waals surface area contributed by atoms with Gasteiger partial charge in [0, 0.05) is 12.1 Å². The highest BCUT2D eigenvalue weighted by Crippen LogP contribution is 2.19. The zero-order chi connectivity index (χ0) is 21.8. The fourth-order valence-corrected chi connectivity index (χ4v) is 3.28. The average Bonchev–Trinajstić information content (AvgIpc) is 2.79. The molecule has 0 saturated heterocycles. The van der Waals surface area contributed by atoms with Crippen molar-refractivity contribution >= 4 is 28.7 Å². The third-order valence-corrected chi connectivity index (χ3v) is 4.71. The van der Waals surface area contributed by atoms with Crippen LogP contribution in [-0.4, -0.2) is 21.1 Å². The smallest absolute Gasteiger partial charge is 0.270 e. The number of fused-ring (bicyclic) bond motifs is 1. The van der Waals surface area contributed by atoms with Gasteiger partial charge < -0.3 is 4.74 Å². The number of hydrogen-bond donors (Lipinski definition) is 0. The fraction of sp³-hybridized carbons (Fsp3) is 0.0833. The molecule has 7 heteroatoms. The third-order valence-electron chi connectivity index (χ3n) is 4.71. The Morgan fingerprint density at radius 2 is 1.81 bits per heavy atom. The van der Waals surface area contributed by atoms with Crippen LogP contribution in [0, 0.1) is 10.1 Å². The maximum absolute atomic E-state index is 13.3. The lowest BCUT2D eigenvalue weighted by molar-refractivity contribution is -0.384. The second-order valence-corrected chi connectivity index (χ2v) is 6.74. The summed E-state index contributed by atoms with van der Waals surface area (Å²) in [5.41, 5.74) is 1.65. The fourth-order valence-electron chi connectivity index (χ4n) is 3.28. The zero-order valence-electron chi connectivity index (χ0n) is 16.8. The topological polar surface area (TPSA) is 87.3 Å². The summed E-state index contributed by atoms with van der Waals surface area (Å²) in [6.45, 7) is 2.45. The summed E-state index contributed by atoms with van der Waals surface area (Å²) in [5, 5.41) is 11.5. The van der Waals surface area contributed by atoms with Gasteiger partial charge in [0.15, 0.2) is 0 Å². The summed E-state index contributed by atoms with van der Waals surface area (Å²) in [4.78, 5) is 28.5. The van der Waals surface area contributed by atoms with Crippen LogP contribution in [0.4, 0.5) is 5.69 Å². The molecule has 3 aromatic carbocycles. The molecule has 154 valence electrons. The SMILES string of the molecule is CCOc1ccc(-n2c(C=Cc3cccc([N+](=O)[O-])c3)nc3ccccc3c2=O)cc1. The highest BCUT2D eigenvalue weighted by molar-refractivity contribution is 5.80. The number of nitro groups is 1. The molecule has 0 amide bonds. The first-order valence-corrected chi connectivity index (χ1v) is 9.74. The van der Waals surface area contributed by atoms with Crippen molar-refractivity contribution in [3.8, 4) is 11.4 Å². The molecule has 4 aromatic rings. The van der Waals surface area contributed by atoms with E-state index in [1.54, 1.807) is 66.7 Å². The molecule has 0 saturated carbocycles. The molecule has 7 nitrogen and oxygen atoms in total. The Bertz CT molecular complexity index is 1340. The van der Waals surface area contributed by atoms with Gasteiger partial charge in [-0.3, -0.25) is 19.5 Å². The lowest BCUT2D eigenvalue weighted by Gasteiger charge is -2.12. The van der Waals surface area contributed by atoms with E-state index in [1.165, 1.54) is 16.7 Å². The van der Waals surface area contributed by atoms with Crippen LogP contribution in [0.1, 0.15) is 18.3 Å². The van der Waals surface area contributed by atoms with Gasteiger partial charge in [0.25, 0.3) is 11.2 Å². The molecule has 0 radical (unpaired) electrons. The van der Waals surface area contributed by atoms with E-state index < -0.39 is 4.92 Å². The van der Waals surface area contributed by atoms with Crippen LogP contribution in [0.2, 0.25) is 0 Å². The number of rotatable bonds is 6. The first-order chi connectivity index (χ1) is 15.1. The van der Waals surface area contributed by atoms with Gasteiger partial charge in [-0.15, -0.1) is 0 Å². The summed E-state index contributed by atoms with van der Waals surface area (Å²) in [7, 11) is 0. The minimum absolute atomic E-state index is 0.00229. The van der Waals surface area contributed by atoms with Crippen LogP contribution in [0.5, 0.6) is 5.75 Å². The summed E-state index contributed by atoms with van der Waals surface area (Å²) in [5.74, 6) is 1.13. The molecule has 4 rings (SSSR count). The van der Waals surface area contributed by atoms with Crippen LogP contribution in [0.3, 0.4) is 0 Å². The van der Waals surface area contributed by atoms with Crippen LogP contribution in [0.25, 0.3) is 28.7 Å². The first kappa shape index (κ1) is 20.0. The van der Waals surface area contributed by atoms with E-state index in [0.717, 1.165) is 0 Å². The highest BCUT2D eigenvalue weighted by atomic mass is 16.6. The molecular formula is C24H19N3O4. The molecular weight excluding hydrogens is 394 g/mol. The Hall–Kier alpha value is -4.26. The molecule has 0 aliphatic rings. The van der Waals surface area contributed by atoms with Gasteiger partial charge in [-0.1, -0.05) is 30.3 Å². The van der Waals surface area contributed by atoms with Crippen molar-refractivity contribution < 1.29 is 9.66 Å². The molecule has 0 fully saturated rings. The Balaban J connectivity index is 1.85. The Morgan fingerprint density at radius 1 is 1.03 bits per heavy atom. The predicted octanol–water partition coefficient (Wildman–Crippen LogP) is 4.86. The Morgan fingerprint density at radius 3 is 2.55 bits per heavy atom. The van der Waals surface area contributed by atoms with Gasteiger partial charge in [-0.25, -0.2) is 4.98 Å². The van der Waals surface area contributed by atoms with Gasteiger partial charge in [0.1, 0.15) is 11.6 Å². The monoisotopic (exact) mass is 413 g/mol. The zero-order valence-corrected chi connectivity index (χ0v) is 16.8. The van der Waals surface area contributed by atoms with Crippen molar-refractivity contribution in [2.75, 3.05) is 6.61 Å². The molecule has 1 aromatic heterocycles. The molecule has 1 heterocycles. The number of non-ortho nitro benzene ring substituents is 1. The van der Waals surface area contributed by atoms with Gasteiger partial charge in [0.05, 0.1) is 28.1 Å². The number of benzene rings is 3. The lowest BCUT2D eigenvalue weighted by atomic mass is 10.2. The second kappa shape index (κ2) is 8.62. The van der Waals surface area contributed by atoms with Crippen LogP contribution >= 0.6 is 0 Å². The average molecular weight is 413 g/mol. The van der Waals surface area contributed by atoms with E-state index >= 15 is 0 Å². The molecule has 0 unspecified atom stereocenters. The molecule has 0 spiro atoms. The van der Waals surface area contributed by atoms with Crippen molar-refractivity contribution in [2.24, 2.45) is 0 Å². The predicted molar refractivity (Wildman–Crippen MR) is 121 cm³/mol. The number of hydrogen-bond acceptors (Lipinski definition) is 5. The van der Waals surface area contributed by atoms with E-state index in [-0.39, 0.29) is 11.2 Å². The van der Waals surface area contributed by atoms with E-state index in [0.29, 0.717) is 40.3 Å². The number of para-hydroxylation sites is 1. The second-order valence-electron chi connectivity index (χ2n) is 6.74. The molecule has 0 aliphatic heterocycles. The maximum atomic E-state index is 13.3. The van der Waals surface area contributed by atoms with Gasteiger partial charge in [-0.05, 0) is 55.0 Å². The quantitative estimate of drug-likeness (QED) is 0.333. The van der Waals surface area contributed by atoms with Crippen molar-refractivity contribution in [2.45, 2.75) is 6.92 Å². The number of nitrogens with zero attached hydrogens (tertiary/aromatic N) is 3. The van der Waals surface area contributed by atoms with Crippen molar-refractivity contribution in [3.63, 3.8) is 0 Å². The largest absolute Gasteiger partial charge is 0.494 e. The van der Waals surface area contributed by atoms with Crippen molar-refractivity contribution in [1.29, 1.82) is 0 Å². The first-order valence-electron chi connectivity index (χ1n) is 9.74. The summed E-state index contributed by atoms with van der Waals surface area (Å²) >= 11 is 0.